The fourth-order valence-electron chi connectivity index (χ4n) is 1.63. The summed E-state index contributed by atoms with van der Waals surface area (Å²) in [6.07, 6.45) is 0.342. The van der Waals surface area contributed by atoms with Crippen molar-refractivity contribution in [2.75, 3.05) is 0 Å². The molecule has 1 heterocycles. The number of benzene rings is 1. The van der Waals surface area contributed by atoms with Crippen LogP contribution < -0.4 is 5.63 Å². The summed E-state index contributed by atoms with van der Waals surface area (Å²) in [5.74, 6) is -0.877. The van der Waals surface area contributed by atoms with Gasteiger partial charge < -0.3 is 9.52 Å². The second-order valence-corrected chi connectivity index (χ2v) is 3.48. The minimum absolute atomic E-state index is 0.00739. The Bertz CT molecular complexity index is 583. The van der Waals surface area contributed by atoms with Gasteiger partial charge in [0.15, 0.2) is 0 Å². The van der Waals surface area contributed by atoms with Crippen molar-refractivity contribution in [3.05, 3.63) is 46.3 Å². The van der Waals surface area contributed by atoms with Crippen molar-refractivity contribution in [2.45, 2.75) is 12.8 Å². The minimum atomic E-state index is -0.877. The van der Waals surface area contributed by atoms with Gasteiger partial charge in [0.25, 0.3) is 0 Å². The lowest BCUT2D eigenvalue weighted by molar-refractivity contribution is -0.136. The van der Waals surface area contributed by atoms with E-state index in [2.05, 4.69) is 0 Å². The van der Waals surface area contributed by atoms with Gasteiger partial charge in [0.05, 0.1) is 0 Å². The third-order valence-electron chi connectivity index (χ3n) is 2.34. The highest BCUT2D eigenvalue weighted by molar-refractivity contribution is 5.80. The fraction of sp³-hybridized carbons (Fsp3) is 0.167. The molecule has 4 heteroatoms. The Hall–Kier alpha value is -2.10. The van der Waals surface area contributed by atoms with E-state index in [0.717, 1.165) is 5.39 Å². The molecule has 2 rings (SSSR count). The van der Waals surface area contributed by atoms with Gasteiger partial charge in [-0.05, 0) is 18.1 Å². The quantitative estimate of drug-likeness (QED) is 0.798. The number of hydrogen-bond acceptors (Lipinski definition) is 3. The van der Waals surface area contributed by atoms with Gasteiger partial charge in [0.2, 0.25) is 0 Å². The van der Waals surface area contributed by atoms with Crippen LogP contribution in [0.1, 0.15) is 12.0 Å². The van der Waals surface area contributed by atoms with Crippen LogP contribution in [0, 0.1) is 0 Å². The summed E-state index contributed by atoms with van der Waals surface area (Å²) in [4.78, 5) is 21.7. The molecule has 0 amide bonds. The molecule has 1 aromatic carbocycles. The van der Waals surface area contributed by atoms with Crippen LogP contribution >= 0.6 is 0 Å². The zero-order chi connectivity index (χ0) is 11.5. The summed E-state index contributed by atoms with van der Waals surface area (Å²) in [7, 11) is 0. The van der Waals surface area contributed by atoms with Crippen molar-refractivity contribution in [3.8, 4) is 0 Å². The molecule has 0 atom stereocenters. The van der Waals surface area contributed by atoms with E-state index < -0.39 is 11.6 Å². The first kappa shape index (κ1) is 10.4. The van der Waals surface area contributed by atoms with Gasteiger partial charge >= 0.3 is 11.6 Å². The summed E-state index contributed by atoms with van der Waals surface area (Å²) in [6, 6.07) is 8.46. The summed E-state index contributed by atoms with van der Waals surface area (Å²) >= 11 is 0. The summed E-state index contributed by atoms with van der Waals surface area (Å²) in [5, 5.41) is 9.41. The molecule has 0 saturated heterocycles. The number of carboxylic acid groups (broad SMARTS) is 1. The molecule has 0 spiro atoms. The minimum Gasteiger partial charge on any atom is -0.481 e. The molecule has 16 heavy (non-hydrogen) atoms. The second-order valence-electron chi connectivity index (χ2n) is 3.48. The zero-order valence-electron chi connectivity index (χ0n) is 8.47. The smallest absolute Gasteiger partial charge is 0.336 e. The van der Waals surface area contributed by atoms with Gasteiger partial charge in [-0.1, -0.05) is 18.2 Å². The van der Waals surface area contributed by atoms with Crippen LogP contribution in [0.2, 0.25) is 0 Å². The van der Waals surface area contributed by atoms with E-state index in [0.29, 0.717) is 17.6 Å². The predicted octanol–water partition coefficient (Wildman–Crippen LogP) is 1.81. The van der Waals surface area contributed by atoms with Crippen LogP contribution in [0.5, 0.6) is 0 Å². The van der Waals surface area contributed by atoms with E-state index in [1.54, 1.807) is 12.1 Å². The van der Waals surface area contributed by atoms with E-state index >= 15 is 0 Å². The number of carboxylic acids is 1. The van der Waals surface area contributed by atoms with Gasteiger partial charge in [0.1, 0.15) is 5.58 Å². The molecule has 82 valence electrons. The molecule has 0 unspecified atom stereocenters. The van der Waals surface area contributed by atoms with Gasteiger partial charge in [-0.2, -0.15) is 0 Å². The normalized spacial score (nSPS) is 10.5. The first-order valence-corrected chi connectivity index (χ1v) is 4.90. The molecule has 0 radical (unpaired) electrons. The van der Waals surface area contributed by atoms with E-state index in [9.17, 15) is 9.59 Å². The summed E-state index contributed by atoms with van der Waals surface area (Å²) in [5.41, 5.74) is 0.767. The number of rotatable bonds is 3. The largest absolute Gasteiger partial charge is 0.481 e. The maximum Gasteiger partial charge on any atom is 0.336 e. The van der Waals surface area contributed by atoms with Crippen molar-refractivity contribution < 1.29 is 14.3 Å². The van der Waals surface area contributed by atoms with Gasteiger partial charge in [-0.15, -0.1) is 0 Å². The SMILES string of the molecule is O=C(O)CCc1cc(=O)oc2ccccc12. The molecule has 2 aromatic rings. The average molecular weight is 218 g/mol. The molecule has 0 saturated carbocycles. The van der Waals surface area contributed by atoms with E-state index in [1.807, 2.05) is 12.1 Å². The van der Waals surface area contributed by atoms with Gasteiger partial charge in [0, 0.05) is 17.9 Å². The van der Waals surface area contributed by atoms with Crippen LogP contribution in [-0.2, 0) is 11.2 Å². The van der Waals surface area contributed by atoms with E-state index in [4.69, 9.17) is 9.52 Å². The van der Waals surface area contributed by atoms with Gasteiger partial charge in [-0.3, -0.25) is 4.79 Å². The van der Waals surface area contributed by atoms with Crippen molar-refractivity contribution in [1.29, 1.82) is 0 Å². The van der Waals surface area contributed by atoms with Crippen molar-refractivity contribution in [3.63, 3.8) is 0 Å². The average Bonchev–Trinajstić information content (AvgIpc) is 2.25. The Morgan fingerprint density at radius 3 is 2.81 bits per heavy atom. The molecule has 0 fully saturated rings. The monoisotopic (exact) mass is 218 g/mol. The Morgan fingerprint density at radius 2 is 2.06 bits per heavy atom. The lowest BCUT2D eigenvalue weighted by Gasteiger charge is -2.02. The van der Waals surface area contributed by atoms with Crippen LogP contribution in [0.15, 0.2) is 39.5 Å². The Balaban J connectivity index is 2.50. The Kier molecular flexibility index (Phi) is 2.72. The Labute approximate surface area is 91.1 Å². The lowest BCUT2D eigenvalue weighted by Crippen LogP contribution is -2.03. The summed E-state index contributed by atoms with van der Waals surface area (Å²) < 4.78 is 5.01. The highest BCUT2D eigenvalue weighted by Crippen LogP contribution is 2.17. The molecule has 0 aliphatic carbocycles. The summed E-state index contributed by atoms with van der Waals surface area (Å²) in [6.45, 7) is 0. The Morgan fingerprint density at radius 1 is 1.31 bits per heavy atom. The first-order chi connectivity index (χ1) is 7.66. The second kappa shape index (κ2) is 4.18. The molecule has 0 aliphatic rings. The van der Waals surface area contributed by atoms with Crippen molar-refractivity contribution in [1.82, 2.24) is 0 Å². The number of fused-ring (bicyclic) bond motifs is 1. The maximum absolute atomic E-state index is 11.2. The molecular formula is C12H10O4. The third-order valence-corrected chi connectivity index (χ3v) is 2.34. The highest BCUT2D eigenvalue weighted by atomic mass is 16.4. The van der Waals surface area contributed by atoms with E-state index in [1.165, 1.54) is 6.07 Å². The molecule has 0 bridgehead atoms. The number of aryl methyl sites for hydroxylation is 1. The van der Waals surface area contributed by atoms with E-state index in [-0.39, 0.29) is 6.42 Å². The standard InChI is InChI=1S/C12H10O4/c13-11(14)6-5-8-7-12(15)16-10-4-2-1-3-9(8)10/h1-4,7H,5-6H2,(H,13,14). The van der Waals surface area contributed by atoms with Crippen LogP contribution in [-0.4, -0.2) is 11.1 Å². The first-order valence-electron chi connectivity index (χ1n) is 4.90. The highest BCUT2D eigenvalue weighted by Gasteiger charge is 2.06. The number of para-hydroxylation sites is 1. The lowest BCUT2D eigenvalue weighted by atomic mass is 10.1. The number of carbonyl (C=O) groups is 1. The van der Waals surface area contributed by atoms with Crippen LogP contribution in [0.4, 0.5) is 0 Å². The maximum atomic E-state index is 11.2. The molecule has 0 aliphatic heterocycles. The number of hydrogen-bond donors (Lipinski definition) is 1. The van der Waals surface area contributed by atoms with Crippen molar-refractivity contribution >= 4 is 16.9 Å². The third kappa shape index (κ3) is 2.11. The predicted molar refractivity (Wildman–Crippen MR) is 58.4 cm³/mol. The number of aliphatic carboxylic acids is 1. The molecule has 1 aromatic heterocycles. The molecule has 4 nitrogen and oxygen atoms in total. The molecule has 1 N–H and O–H groups in total. The van der Waals surface area contributed by atoms with Crippen LogP contribution in [0.25, 0.3) is 11.0 Å². The van der Waals surface area contributed by atoms with Crippen molar-refractivity contribution in [2.24, 2.45) is 0 Å². The fourth-order valence-corrected chi connectivity index (χ4v) is 1.63. The van der Waals surface area contributed by atoms with Gasteiger partial charge in [-0.25, -0.2) is 4.79 Å². The topological polar surface area (TPSA) is 67.5 Å². The molecular weight excluding hydrogens is 208 g/mol. The zero-order valence-corrected chi connectivity index (χ0v) is 8.47. The van der Waals surface area contributed by atoms with Crippen LogP contribution in [0.3, 0.4) is 0 Å².